The topological polar surface area (TPSA) is 72.8 Å². The van der Waals surface area contributed by atoms with Gasteiger partial charge in [-0.1, -0.05) is 117 Å². The van der Waals surface area contributed by atoms with Crippen molar-refractivity contribution in [2.24, 2.45) is 5.92 Å². The van der Waals surface area contributed by atoms with Crippen LogP contribution in [-0.2, 0) is 19.1 Å². The van der Waals surface area contributed by atoms with E-state index in [1.54, 1.807) is 0 Å². The molecule has 33 heavy (non-hydrogen) atoms. The Kier molecular flexibility index (Phi) is 23.2. The van der Waals surface area contributed by atoms with Crippen molar-refractivity contribution in [3.63, 3.8) is 0 Å². The van der Waals surface area contributed by atoms with Gasteiger partial charge in [-0.3, -0.25) is 9.59 Å². The second kappa shape index (κ2) is 24.0. The van der Waals surface area contributed by atoms with Gasteiger partial charge in [-0.2, -0.15) is 0 Å². The zero-order chi connectivity index (χ0) is 24.6. The number of carbonyl (C=O) groups excluding carboxylic acids is 2. The molecule has 0 bridgehead atoms. The minimum atomic E-state index is -0.951. The first-order valence-corrected chi connectivity index (χ1v) is 13.9. The van der Waals surface area contributed by atoms with Crippen LogP contribution in [0.2, 0.25) is 0 Å². The number of aliphatic hydroxyl groups is 1. The molecule has 0 unspecified atom stereocenters. The van der Waals surface area contributed by atoms with Gasteiger partial charge in [0.15, 0.2) is 0 Å². The second-order valence-electron chi connectivity index (χ2n) is 10.0. The smallest absolute Gasteiger partial charge is 0.305 e. The summed E-state index contributed by atoms with van der Waals surface area (Å²) in [5.41, 5.74) is 0. The third-order valence-electron chi connectivity index (χ3n) is 6.02. The van der Waals surface area contributed by atoms with Crippen LogP contribution in [0.4, 0.5) is 0 Å². The molecule has 0 aliphatic rings. The molecule has 1 atom stereocenters. The van der Waals surface area contributed by atoms with Gasteiger partial charge >= 0.3 is 11.9 Å². The largest absolute Gasteiger partial charge is 0.463 e. The van der Waals surface area contributed by atoms with Crippen molar-refractivity contribution in [2.75, 3.05) is 13.2 Å². The summed E-state index contributed by atoms with van der Waals surface area (Å²) in [4.78, 5) is 23.5. The molecule has 0 aromatic heterocycles. The quantitative estimate of drug-likeness (QED) is 0.117. The Morgan fingerprint density at radius 2 is 0.970 bits per heavy atom. The summed E-state index contributed by atoms with van der Waals surface area (Å²) in [6.07, 6.45) is 20.1. The Balaban J connectivity index is 3.44. The predicted molar refractivity (Wildman–Crippen MR) is 136 cm³/mol. The number of hydrogen-bond donors (Lipinski definition) is 1. The van der Waals surface area contributed by atoms with Crippen molar-refractivity contribution >= 4 is 11.9 Å². The van der Waals surface area contributed by atoms with Crippen LogP contribution in [0.25, 0.3) is 0 Å². The lowest BCUT2D eigenvalue weighted by molar-refractivity contribution is -0.152. The van der Waals surface area contributed by atoms with Gasteiger partial charge in [0.05, 0.1) is 0 Å². The molecule has 196 valence electrons. The Labute approximate surface area is 204 Å². The Morgan fingerprint density at radius 3 is 1.36 bits per heavy atom. The molecule has 0 spiro atoms. The molecule has 0 saturated carbocycles. The SMILES string of the molecule is CCCCCCCCCC(=O)OC[C@H](O)COC(=O)CCCCCCCCCCCC(C)C. The molecule has 0 heterocycles. The zero-order valence-electron chi connectivity index (χ0n) is 22.1. The molecule has 0 aromatic rings. The third-order valence-corrected chi connectivity index (χ3v) is 6.02. The number of esters is 2. The molecule has 0 aromatic carbocycles. The maximum absolute atomic E-state index is 11.8. The lowest BCUT2D eigenvalue weighted by Gasteiger charge is -2.12. The average Bonchev–Trinajstić information content (AvgIpc) is 2.79. The van der Waals surface area contributed by atoms with Gasteiger partial charge in [0, 0.05) is 12.8 Å². The van der Waals surface area contributed by atoms with Gasteiger partial charge in [0.25, 0.3) is 0 Å². The van der Waals surface area contributed by atoms with Crippen LogP contribution < -0.4 is 0 Å². The summed E-state index contributed by atoms with van der Waals surface area (Å²) in [6.45, 7) is 6.55. The molecule has 0 amide bonds. The van der Waals surface area contributed by atoms with Gasteiger partial charge in [0.1, 0.15) is 19.3 Å². The van der Waals surface area contributed by atoms with Gasteiger partial charge < -0.3 is 14.6 Å². The van der Waals surface area contributed by atoms with Crippen molar-refractivity contribution in [2.45, 2.75) is 149 Å². The van der Waals surface area contributed by atoms with Gasteiger partial charge in [-0.05, 0) is 18.8 Å². The first-order chi connectivity index (χ1) is 16.0. The molecular formula is C28H54O5. The Bertz CT molecular complexity index is 450. The summed E-state index contributed by atoms with van der Waals surface area (Å²) < 4.78 is 10.2. The minimum Gasteiger partial charge on any atom is -0.463 e. The monoisotopic (exact) mass is 470 g/mol. The lowest BCUT2D eigenvalue weighted by atomic mass is 10.0. The van der Waals surface area contributed by atoms with E-state index < -0.39 is 6.10 Å². The van der Waals surface area contributed by atoms with E-state index in [0.717, 1.165) is 44.4 Å². The summed E-state index contributed by atoms with van der Waals surface area (Å²) in [5, 5.41) is 9.86. The van der Waals surface area contributed by atoms with Crippen LogP contribution in [0.5, 0.6) is 0 Å². The summed E-state index contributed by atoms with van der Waals surface area (Å²) in [7, 11) is 0. The van der Waals surface area contributed by atoms with E-state index in [4.69, 9.17) is 9.47 Å². The highest BCUT2D eigenvalue weighted by molar-refractivity contribution is 5.69. The summed E-state index contributed by atoms with van der Waals surface area (Å²) in [6, 6.07) is 0. The van der Waals surface area contributed by atoms with Crippen LogP contribution in [0.1, 0.15) is 143 Å². The number of unbranched alkanes of at least 4 members (excludes halogenated alkanes) is 14. The van der Waals surface area contributed by atoms with E-state index in [-0.39, 0.29) is 25.2 Å². The molecule has 5 heteroatoms. The predicted octanol–water partition coefficient (Wildman–Crippen LogP) is 7.52. The van der Waals surface area contributed by atoms with Crippen molar-refractivity contribution in [3.8, 4) is 0 Å². The zero-order valence-corrected chi connectivity index (χ0v) is 22.1. The van der Waals surface area contributed by atoms with Gasteiger partial charge in [-0.15, -0.1) is 0 Å². The maximum Gasteiger partial charge on any atom is 0.305 e. The highest BCUT2D eigenvalue weighted by atomic mass is 16.6. The number of carbonyl (C=O) groups is 2. The number of aliphatic hydroxyl groups excluding tert-OH is 1. The highest BCUT2D eigenvalue weighted by Gasteiger charge is 2.12. The first-order valence-electron chi connectivity index (χ1n) is 13.9. The van der Waals surface area contributed by atoms with E-state index in [1.807, 2.05) is 0 Å². The van der Waals surface area contributed by atoms with Crippen LogP contribution in [-0.4, -0.2) is 36.4 Å². The molecular weight excluding hydrogens is 416 g/mol. The molecule has 1 N–H and O–H groups in total. The number of hydrogen-bond acceptors (Lipinski definition) is 5. The molecule has 0 aliphatic carbocycles. The summed E-state index contributed by atoms with van der Waals surface area (Å²) >= 11 is 0. The van der Waals surface area contributed by atoms with E-state index in [0.29, 0.717) is 12.8 Å². The second-order valence-corrected chi connectivity index (χ2v) is 10.0. The maximum atomic E-state index is 11.8. The van der Waals surface area contributed by atoms with Crippen LogP contribution in [0.15, 0.2) is 0 Å². The third kappa shape index (κ3) is 25.4. The van der Waals surface area contributed by atoms with E-state index >= 15 is 0 Å². The Morgan fingerprint density at radius 1 is 0.606 bits per heavy atom. The van der Waals surface area contributed by atoms with Crippen LogP contribution >= 0.6 is 0 Å². The molecule has 0 aliphatic heterocycles. The van der Waals surface area contributed by atoms with Crippen molar-refractivity contribution in [1.82, 2.24) is 0 Å². The van der Waals surface area contributed by atoms with Crippen molar-refractivity contribution in [3.05, 3.63) is 0 Å². The molecule has 0 rings (SSSR count). The highest BCUT2D eigenvalue weighted by Crippen LogP contribution is 2.14. The molecule has 5 nitrogen and oxygen atoms in total. The fourth-order valence-electron chi connectivity index (χ4n) is 3.86. The normalized spacial score (nSPS) is 12.2. The van der Waals surface area contributed by atoms with Crippen molar-refractivity contribution in [1.29, 1.82) is 0 Å². The summed E-state index contributed by atoms with van der Waals surface area (Å²) in [5.74, 6) is 0.250. The Hall–Kier alpha value is -1.10. The number of ether oxygens (including phenoxy) is 2. The molecule has 0 radical (unpaired) electrons. The molecule has 0 fully saturated rings. The van der Waals surface area contributed by atoms with Crippen molar-refractivity contribution < 1.29 is 24.2 Å². The van der Waals surface area contributed by atoms with Crippen LogP contribution in [0, 0.1) is 5.92 Å². The average molecular weight is 471 g/mol. The van der Waals surface area contributed by atoms with E-state index in [2.05, 4.69) is 20.8 Å². The minimum absolute atomic E-state index is 0.111. The van der Waals surface area contributed by atoms with E-state index in [1.165, 1.54) is 70.6 Å². The fraction of sp³-hybridized carbons (Fsp3) is 0.929. The van der Waals surface area contributed by atoms with Gasteiger partial charge in [0.2, 0.25) is 0 Å². The van der Waals surface area contributed by atoms with Gasteiger partial charge in [-0.25, -0.2) is 0 Å². The molecule has 0 saturated heterocycles. The number of rotatable bonds is 24. The van der Waals surface area contributed by atoms with E-state index in [9.17, 15) is 14.7 Å². The van der Waals surface area contributed by atoms with Crippen LogP contribution in [0.3, 0.4) is 0 Å². The first kappa shape index (κ1) is 31.9. The fourth-order valence-corrected chi connectivity index (χ4v) is 3.86. The standard InChI is InChI=1S/C28H54O5/c1-4-5-6-7-11-15-18-21-27(30)32-23-26(29)24-33-28(31)22-19-16-13-10-8-9-12-14-17-20-25(2)3/h25-26,29H,4-24H2,1-3H3/t26-/m0/s1. The lowest BCUT2D eigenvalue weighted by Crippen LogP contribution is -2.25.